The van der Waals surface area contributed by atoms with Crippen LogP contribution in [0.3, 0.4) is 0 Å². The van der Waals surface area contributed by atoms with Crippen LogP contribution in [0.15, 0.2) is 0 Å². The number of H-pyrrole nitrogens is 1. The van der Waals surface area contributed by atoms with Gasteiger partial charge in [-0.05, 0) is 25.7 Å². The Morgan fingerprint density at radius 3 is 3.20 bits per heavy atom. The van der Waals surface area contributed by atoms with Crippen molar-refractivity contribution in [3.8, 4) is 0 Å². The van der Waals surface area contributed by atoms with E-state index in [9.17, 15) is 4.79 Å². The molecule has 0 aliphatic heterocycles. The standard InChI is InChI=1S/C10H15N3O2/c14-6-2-5-11-10(15)9-7-3-1-4-8(7)12-13-9/h14H,1-6H2,(H,11,15)(H,12,13). The summed E-state index contributed by atoms with van der Waals surface area (Å²) in [6.07, 6.45) is 3.61. The molecule has 0 saturated carbocycles. The second kappa shape index (κ2) is 4.44. The summed E-state index contributed by atoms with van der Waals surface area (Å²) < 4.78 is 0. The number of carbonyl (C=O) groups is 1. The monoisotopic (exact) mass is 209 g/mol. The number of carbonyl (C=O) groups excluding carboxylic acids is 1. The van der Waals surface area contributed by atoms with E-state index in [2.05, 4.69) is 15.5 Å². The fourth-order valence-corrected chi connectivity index (χ4v) is 1.87. The van der Waals surface area contributed by atoms with Crippen molar-refractivity contribution in [1.82, 2.24) is 15.5 Å². The molecule has 1 amide bonds. The van der Waals surface area contributed by atoms with Crippen molar-refractivity contribution in [2.75, 3.05) is 13.2 Å². The molecular weight excluding hydrogens is 194 g/mol. The Hall–Kier alpha value is -1.36. The molecule has 2 rings (SSSR count). The average molecular weight is 209 g/mol. The van der Waals surface area contributed by atoms with E-state index < -0.39 is 0 Å². The first-order chi connectivity index (χ1) is 7.33. The Balaban J connectivity index is 2.00. The number of nitrogens with one attached hydrogen (secondary N) is 2. The minimum atomic E-state index is -0.136. The van der Waals surface area contributed by atoms with Gasteiger partial charge in [0.05, 0.1) is 0 Å². The third-order valence-electron chi connectivity index (χ3n) is 2.64. The molecule has 1 aromatic rings. The van der Waals surface area contributed by atoms with Gasteiger partial charge >= 0.3 is 0 Å². The number of aryl methyl sites for hydroxylation is 1. The molecule has 1 aliphatic carbocycles. The molecule has 0 aromatic carbocycles. The van der Waals surface area contributed by atoms with Gasteiger partial charge in [-0.25, -0.2) is 0 Å². The predicted octanol–water partition coefficient (Wildman–Crippen LogP) is 0.0106. The first-order valence-electron chi connectivity index (χ1n) is 5.28. The van der Waals surface area contributed by atoms with Crippen LogP contribution in [0.2, 0.25) is 0 Å². The second-order valence-corrected chi connectivity index (χ2v) is 3.72. The summed E-state index contributed by atoms with van der Waals surface area (Å²) in [5.74, 6) is -0.136. The number of fused-ring (bicyclic) bond motifs is 1. The van der Waals surface area contributed by atoms with Gasteiger partial charge in [-0.2, -0.15) is 5.10 Å². The lowest BCUT2D eigenvalue weighted by Crippen LogP contribution is -2.26. The van der Waals surface area contributed by atoms with Crippen molar-refractivity contribution in [2.45, 2.75) is 25.7 Å². The summed E-state index contributed by atoms with van der Waals surface area (Å²) in [6.45, 7) is 0.593. The molecule has 0 unspecified atom stereocenters. The van der Waals surface area contributed by atoms with Gasteiger partial charge in [0.15, 0.2) is 5.69 Å². The minimum absolute atomic E-state index is 0.0962. The van der Waals surface area contributed by atoms with Crippen molar-refractivity contribution in [2.24, 2.45) is 0 Å². The Labute approximate surface area is 87.9 Å². The highest BCUT2D eigenvalue weighted by molar-refractivity contribution is 5.94. The largest absolute Gasteiger partial charge is 0.396 e. The number of aliphatic hydroxyl groups excluding tert-OH is 1. The Bertz CT molecular complexity index is 360. The molecule has 1 heterocycles. The normalized spacial score (nSPS) is 13.9. The zero-order valence-corrected chi connectivity index (χ0v) is 8.55. The number of rotatable bonds is 4. The number of aromatic nitrogens is 2. The van der Waals surface area contributed by atoms with Gasteiger partial charge in [-0.15, -0.1) is 0 Å². The van der Waals surface area contributed by atoms with E-state index in [1.165, 1.54) is 0 Å². The van der Waals surface area contributed by atoms with E-state index in [0.717, 1.165) is 30.5 Å². The number of nitrogens with zero attached hydrogens (tertiary/aromatic N) is 1. The smallest absolute Gasteiger partial charge is 0.272 e. The fourth-order valence-electron chi connectivity index (χ4n) is 1.87. The van der Waals surface area contributed by atoms with Crippen LogP contribution in [0.5, 0.6) is 0 Å². The number of aliphatic hydroxyl groups is 1. The maximum atomic E-state index is 11.7. The molecule has 82 valence electrons. The van der Waals surface area contributed by atoms with E-state index in [-0.39, 0.29) is 12.5 Å². The van der Waals surface area contributed by atoms with Crippen LogP contribution < -0.4 is 5.32 Å². The molecule has 1 aliphatic rings. The van der Waals surface area contributed by atoms with Crippen molar-refractivity contribution in [3.63, 3.8) is 0 Å². The Morgan fingerprint density at radius 1 is 1.53 bits per heavy atom. The molecule has 5 heteroatoms. The van der Waals surface area contributed by atoms with Crippen LogP contribution in [0.1, 0.15) is 34.6 Å². The maximum absolute atomic E-state index is 11.7. The van der Waals surface area contributed by atoms with Crippen LogP contribution in [0.25, 0.3) is 0 Å². The highest BCUT2D eigenvalue weighted by Gasteiger charge is 2.22. The molecule has 5 nitrogen and oxygen atoms in total. The summed E-state index contributed by atoms with van der Waals surface area (Å²) in [5, 5.41) is 18.2. The van der Waals surface area contributed by atoms with Crippen LogP contribution in [0, 0.1) is 0 Å². The SMILES string of the molecule is O=C(NCCCO)c1n[nH]c2c1CCC2. The third kappa shape index (κ3) is 2.02. The average Bonchev–Trinajstić information content (AvgIpc) is 2.78. The molecule has 0 spiro atoms. The van der Waals surface area contributed by atoms with Crippen LogP contribution in [0.4, 0.5) is 0 Å². The third-order valence-corrected chi connectivity index (χ3v) is 2.64. The summed E-state index contributed by atoms with van der Waals surface area (Å²) in [5.41, 5.74) is 2.69. The maximum Gasteiger partial charge on any atom is 0.272 e. The van der Waals surface area contributed by atoms with E-state index in [4.69, 9.17) is 5.11 Å². The molecule has 15 heavy (non-hydrogen) atoms. The van der Waals surface area contributed by atoms with Crippen molar-refractivity contribution in [1.29, 1.82) is 0 Å². The summed E-state index contributed by atoms with van der Waals surface area (Å²) in [4.78, 5) is 11.7. The van der Waals surface area contributed by atoms with Gasteiger partial charge in [0.2, 0.25) is 0 Å². The zero-order chi connectivity index (χ0) is 10.7. The van der Waals surface area contributed by atoms with Gasteiger partial charge in [-0.1, -0.05) is 0 Å². The van der Waals surface area contributed by atoms with Crippen LogP contribution in [-0.2, 0) is 12.8 Å². The highest BCUT2D eigenvalue weighted by atomic mass is 16.3. The van der Waals surface area contributed by atoms with Crippen LogP contribution in [-0.4, -0.2) is 34.4 Å². The second-order valence-electron chi connectivity index (χ2n) is 3.72. The highest BCUT2D eigenvalue weighted by Crippen LogP contribution is 2.22. The van der Waals surface area contributed by atoms with Gasteiger partial charge < -0.3 is 10.4 Å². The summed E-state index contributed by atoms with van der Waals surface area (Å²) >= 11 is 0. The van der Waals surface area contributed by atoms with E-state index in [0.29, 0.717) is 18.7 Å². The molecule has 3 N–H and O–H groups in total. The molecule has 0 saturated heterocycles. The minimum Gasteiger partial charge on any atom is -0.396 e. The Morgan fingerprint density at radius 2 is 2.40 bits per heavy atom. The van der Waals surface area contributed by atoms with E-state index in [1.54, 1.807) is 0 Å². The van der Waals surface area contributed by atoms with Gasteiger partial charge in [0, 0.05) is 24.4 Å². The van der Waals surface area contributed by atoms with Gasteiger partial charge in [-0.3, -0.25) is 9.89 Å². The lowest BCUT2D eigenvalue weighted by Gasteiger charge is -2.02. The number of hydrogen-bond donors (Lipinski definition) is 3. The molecule has 0 fully saturated rings. The zero-order valence-electron chi connectivity index (χ0n) is 8.55. The molecular formula is C10H15N3O2. The first-order valence-corrected chi connectivity index (χ1v) is 5.28. The molecule has 0 radical (unpaired) electrons. The number of amides is 1. The number of aromatic amines is 1. The summed E-state index contributed by atoms with van der Waals surface area (Å²) in [6, 6.07) is 0. The molecule has 0 atom stereocenters. The van der Waals surface area contributed by atoms with Crippen LogP contribution >= 0.6 is 0 Å². The van der Waals surface area contributed by atoms with Crippen molar-refractivity contribution >= 4 is 5.91 Å². The van der Waals surface area contributed by atoms with Crippen molar-refractivity contribution in [3.05, 3.63) is 17.0 Å². The molecule has 0 bridgehead atoms. The lowest BCUT2D eigenvalue weighted by atomic mass is 10.2. The van der Waals surface area contributed by atoms with E-state index >= 15 is 0 Å². The topological polar surface area (TPSA) is 78.0 Å². The Kier molecular flexibility index (Phi) is 3.01. The quantitative estimate of drug-likeness (QED) is 0.611. The van der Waals surface area contributed by atoms with Gasteiger partial charge in [0.25, 0.3) is 5.91 Å². The molecule has 1 aromatic heterocycles. The fraction of sp³-hybridized carbons (Fsp3) is 0.600. The predicted molar refractivity (Wildman–Crippen MR) is 54.6 cm³/mol. The number of hydrogen-bond acceptors (Lipinski definition) is 3. The van der Waals surface area contributed by atoms with E-state index in [1.807, 2.05) is 0 Å². The van der Waals surface area contributed by atoms with Gasteiger partial charge in [0.1, 0.15) is 0 Å². The van der Waals surface area contributed by atoms with Crippen molar-refractivity contribution < 1.29 is 9.90 Å². The first kappa shape index (κ1) is 10.2. The summed E-state index contributed by atoms with van der Waals surface area (Å²) in [7, 11) is 0. The lowest BCUT2D eigenvalue weighted by molar-refractivity contribution is 0.0945.